The van der Waals surface area contributed by atoms with E-state index in [4.69, 9.17) is 14.2 Å². The molecular formula is C27H30F6N2O5. The van der Waals surface area contributed by atoms with Crippen LogP contribution in [0.2, 0.25) is 0 Å². The molecule has 2 aromatic rings. The molecule has 0 bridgehead atoms. The molecule has 1 heterocycles. The fourth-order valence-electron chi connectivity index (χ4n) is 3.96. The number of carbonyl (C=O) groups is 2. The Morgan fingerprint density at radius 1 is 0.875 bits per heavy atom. The lowest BCUT2D eigenvalue weighted by atomic mass is 10.1. The molecule has 1 aliphatic rings. The summed E-state index contributed by atoms with van der Waals surface area (Å²) >= 11 is 0. The van der Waals surface area contributed by atoms with Crippen LogP contribution in [0.3, 0.4) is 0 Å². The van der Waals surface area contributed by atoms with Gasteiger partial charge in [0.2, 0.25) is 0 Å². The summed E-state index contributed by atoms with van der Waals surface area (Å²) in [7, 11) is 0. The summed E-state index contributed by atoms with van der Waals surface area (Å²) in [4.78, 5) is 28.3. The van der Waals surface area contributed by atoms with Crippen molar-refractivity contribution >= 4 is 12.2 Å². The number of ether oxygens (including phenoxy) is 3. The number of hydrogen-bond acceptors (Lipinski definition) is 5. The van der Waals surface area contributed by atoms with Crippen LogP contribution in [0, 0.1) is 0 Å². The molecule has 1 aliphatic heterocycles. The van der Waals surface area contributed by atoms with Gasteiger partial charge in [0.15, 0.2) is 0 Å². The van der Waals surface area contributed by atoms with Gasteiger partial charge in [0.1, 0.15) is 18.0 Å². The number of carbonyl (C=O) groups excluding carboxylic acids is 2. The van der Waals surface area contributed by atoms with Crippen LogP contribution in [0.1, 0.15) is 43.9 Å². The van der Waals surface area contributed by atoms with Gasteiger partial charge in [0.05, 0.1) is 23.8 Å². The molecule has 0 radical (unpaired) electrons. The third-order valence-electron chi connectivity index (χ3n) is 5.86. The molecule has 13 heteroatoms. The Labute approximate surface area is 227 Å². The molecule has 0 aliphatic carbocycles. The Kier molecular flexibility index (Phi) is 9.47. The van der Waals surface area contributed by atoms with Gasteiger partial charge in [-0.3, -0.25) is 0 Å². The van der Waals surface area contributed by atoms with Crippen molar-refractivity contribution in [2.24, 2.45) is 0 Å². The monoisotopic (exact) mass is 576 g/mol. The Hall–Kier alpha value is -3.64. The number of amides is 2. The predicted molar refractivity (Wildman–Crippen MR) is 131 cm³/mol. The molecule has 0 aromatic heterocycles. The number of benzene rings is 2. The minimum Gasteiger partial charge on any atom is -0.493 e. The Balaban J connectivity index is 1.72. The van der Waals surface area contributed by atoms with Gasteiger partial charge in [-0.15, -0.1) is 0 Å². The number of piperazine rings is 1. The molecule has 0 saturated carbocycles. The lowest BCUT2D eigenvalue weighted by Crippen LogP contribution is -2.57. The normalized spacial score (nSPS) is 16.5. The fourth-order valence-corrected chi connectivity index (χ4v) is 3.96. The fraction of sp³-hybridized carbons (Fsp3) is 0.481. The maximum atomic E-state index is 13.2. The molecule has 0 N–H and O–H groups in total. The van der Waals surface area contributed by atoms with E-state index >= 15 is 0 Å². The van der Waals surface area contributed by atoms with Crippen LogP contribution in [0.4, 0.5) is 35.9 Å². The van der Waals surface area contributed by atoms with Crippen LogP contribution in [0.25, 0.3) is 0 Å². The molecule has 40 heavy (non-hydrogen) atoms. The highest BCUT2D eigenvalue weighted by atomic mass is 19.4. The molecule has 0 unspecified atom stereocenters. The predicted octanol–water partition coefficient (Wildman–Crippen LogP) is 6.75. The largest absolute Gasteiger partial charge is 0.493 e. The van der Waals surface area contributed by atoms with Crippen molar-refractivity contribution in [3.63, 3.8) is 0 Å². The van der Waals surface area contributed by atoms with Gasteiger partial charge in [0, 0.05) is 26.1 Å². The summed E-state index contributed by atoms with van der Waals surface area (Å²) in [6, 6.07) is 9.23. The smallest absolute Gasteiger partial charge is 0.416 e. The van der Waals surface area contributed by atoms with Gasteiger partial charge in [-0.05, 0) is 44.5 Å². The minimum atomic E-state index is -5.02. The van der Waals surface area contributed by atoms with Crippen molar-refractivity contribution in [2.75, 3.05) is 26.2 Å². The van der Waals surface area contributed by atoms with Gasteiger partial charge in [-0.1, -0.05) is 30.3 Å². The highest BCUT2D eigenvalue weighted by Crippen LogP contribution is 2.38. The third-order valence-corrected chi connectivity index (χ3v) is 5.86. The van der Waals surface area contributed by atoms with Gasteiger partial charge in [-0.25, -0.2) is 9.59 Å². The standard InChI is InChI=1S/C27H30F6N2O5/c1-25(2,3)40-24(37)35-11-10-34(23(36)39-17-18-7-5-4-6-8-18)16-21(35)9-12-38-22-14-19(26(28,29)30)13-20(15-22)27(31,32)33/h4-8,13-15,21H,9-12,16-17H2,1-3H3/t21-/m1/s1. The Morgan fingerprint density at radius 3 is 2.02 bits per heavy atom. The van der Waals surface area contributed by atoms with E-state index in [2.05, 4.69) is 0 Å². The SMILES string of the molecule is CC(C)(C)OC(=O)N1CCN(C(=O)OCc2ccccc2)C[C@H]1CCOc1cc(C(F)(F)F)cc(C(F)(F)F)c1. The first-order chi connectivity index (χ1) is 18.5. The van der Waals surface area contributed by atoms with Crippen molar-refractivity contribution in [3.05, 3.63) is 65.2 Å². The first-order valence-electron chi connectivity index (χ1n) is 12.4. The number of alkyl halides is 6. The summed E-state index contributed by atoms with van der Waals surface area (Å²) in [6.45, 7) is 4.90. The minimum absolute atomic E-state index is 0.00732. The summed E-state index contributed by atoms with van der Waals surface area (Å²) in [5.41, 5.74) is -3.06. The van der Waals surface area contributed by atoms with Crippen LogP contribution in [0.5, 0.6) is 5.75 Å². The third kappa shape index (κ3) is 8.95. The van der Waals surface area contributed by atoms with Crippen LogP contribution in [-0.2, 0) is 28.4 Å². The molecule has 220 valence electrons. The molecule has 7 nitrogen and oxygen atoms in total. The topological polar surface area (TPSA) is 68.3 Å². The second-order valence-electron chi connectivity index (χ2n) is 10.2. The molecule has 1 saturated heterocycles. The van der Waals surface area contributed by atoms with Gasteiger partial charge >= 0.3 is 24.5 Å². The molecule has 1 fully saturated rings. The maximum Gasteiger partial charge on any atom is 0.416 e. The summed E-state index contributed by atoms with van der Waals surface area (Å²) in [5, 5.41) is 0. The molecule has 1 atom stereocenters. The Bertz CT molecular complexity index is 1130. The van der Waals surface area contributed by atoms with E-state index in [1.54, 1.807) is 45.0 Å². The first kappa shape index (κ1) is 30.9. The van der Waals surface area contributed by atoms with Crippen LogP contribution >= 0.6 is 0 Å². The maximum absolute atomic E-state index is 13.2. The van der Waals surface area contributed by atoms with Crippen LogP contribution in [0.15, 0.2) is 48.5 Å². The molecular weight excluding hydrogens is 546 g/mol. The average Bonchev–Trinajstić information content (AvgIpc) is 2.85. The van der Waals surface area contributed by atoms with E-state index in [1.165, 1.54) is 9.80 Å². The zero-order valence-electron chi connectivity index (χ0n) is 22.1. The number of halogens is 6. The van der Waals surface area contributed by atoms with E-state index in [0.717, 1.165) is 5.56 Å². The lowest BCUT2D eigenvalue weighted by molar-refractivity contribution is -0.143. The van der Waals surface area contributed by atoms with E-state index in [1.807, 2.05) is 6.07 Å². The van der Waals surface area contributed by atoms with Crippen molar-refractivity contribution in [2.45, 2.75) is 57.8 Å². The second kappa shape index (κ2) is 12.3. The van der Waals surface area contributed by atoms with Crippen molar-refractivity contribution in [1.82, 2.24) is 9.80 Å². The van der Waals surface area contributed by atoms with E-state index in [-0.39, 0.29) is 45.3 Å². The average molecular weight is 577 g/mol. The zero-order valence-corrected chi connectivity index (χ0v) is 22.1. The van der Waals surface area contributed by atoms with E-state index in [0.29, 0.717) is 12.1 Å². The summed E-state index contributed by atoms with van der Waals surface area (Å²) in [5.74, 6) is -0.624. The molecule has 0 spiro atoms. The zero-order chi connectivity index (χ0) is 29.7. The van der Waals surface area contributed by atoms with Crippen molar-refractivity contribution in [1.29, 1.82) is 0 Å². The van der Waals surface area contributed by atoms with E-state index in [9.17, 15) is 35.9 Å². The van der Waals surface area contributed by atoms with Crippen LogP contribution in [-0.4, -0.2) is 59.9 Å². The van der Waals surface area contributed by atoms with Gasteiger partial charge in [0.25, 0.3) is 0 Å². The molecule has 3 rings (SSSR count). The summed E-state index contributed by atoms with van der Waals surface area (Å²) < 4.78 is 95.2. The molecule has 2 aromatic carbocycles. The quantitative estimate of drug-likeness (QED) is 0.356. The highest BCUT2D eigenvalue weighted by Gasteiger charge is 2.38. The van der Waals surface area contributed by atoms with Gasteiger partial charge < -0.3 is 24.0 Å². The number of rotatable bonds is 6. The van der Waals surface area contributed by atoms with Crippen LogP contribution < -0.4 is 4.74 Å². The molecule has 2 amide bonds. The number of hydrogen-bond donors (Lipinski definition) is 0. The Morgan fingerprint density at radius 2 is 1.48 bits per heavy atom. The second-order valence-corrected chi connectivity index (χ2v) is 10.2. The lowest BCUT2D eigenvalue weighted by Gasteiger charge is -2.41. The van der Waals surface area contributed by atoms with Gasteiger partial charge in [-0.2, -0.15) is 26.3 Å². The van der Waals surface area contributed by atoms with Crippen molar-refractivity contribution < 1.29 is 50.1 Å². The first-order valence-corrected chi connectivity index (χ1v) is 12.4. The van der Waals surface area contributed by atoms with E-state index < -0.39 is 53.1 Å². The number of nitrogens with zero attached hydrogens (tertiary/aromatic N) is 2. The summed E-state index contributed by atoms with van der Waals surface area (Å²) in [6.07, 6.45) is -11.4. The van der Waals surface area contributed by atoms with Crippen molar-refractivity contribution in [3.8, 4) is 5.75 Å². The highest BCUT2D eigenvalue weighted by molar-refractivity contribution is 5.71.